The molecule has 4 rings (SSSR count). The van der Waals surface area contributed by atoms with Gasteiger partial charge >= 0.3 is 0 Å². The van der Waals surface area contributed by atoms with Crippen molar-refractivity contribution in [3.05, 3.63) is 51.2 Å². The van der Waals surface area contributed by atoms with Crippen molar-refractivity contribution in [2.45, 2.75) is 58.2 Å². The van der Waals surface area contributed by atoms with Crippen LogP contribution >= 0.6 is 23.1 Å². The van der Waals surface area contributed by atoms with Crippen LogP contribution in [0.4, 0.5) is 5.00 Å². The summed E-state index contributed by atoms with van der Waals surface area (Å²) in [5.41, 5.74) is 4.00. The van der Waals surface area contributed by atoms with Crippen molar-refractivity contribution >= 4 is 34.0 Å². The largest absolute Gasteiger partial charge is 0.482 e. The van der Waals surface area contributed by atoms with Crippen molar-refractivity contribution in [2.75, 3.05) is 11.1 Å². The van der Waals surface area contributed by atoms with Gasteiger partial charge in [0.1, 0.15) is 16.8 Å². The molecule has 1 N–H and O–H groups in total. The number of carbonyl (C=O) groups excluding carboxylic acids is 1. The molecule has 0 fully saturated rings. The van der Waals surface area contributed by atoms with E-state index in [-0.39, 0.29) is 17.8 Å². The lowest BCUT2D eigenvalue weighted by atomic mass is 9.89. The molecule has 3 aromatic rings. The van der Waals surface area contributed by atoms with Crippen LogP contribution in [0.5, 0.6) is 5.75 Å². The Morgan fingerprint density at radius 3 is 2.94 bits per heavy atom. The van der Waals surface area contributed by atoms with Crippen LogP contribution < -0.4 is 10.1 Å². The Hall–Kier alpha value is -2.83. The molecular formula is C25H29N5O2S2. The Morgan fingerprint density at radius 1 is 1.41 bits per heavy atom. The topological polar surface area (TPSA) is 92.8 Å². The number of hydrogen-bond acceptors (Lipinski definition) is 7. The van der Waals surface area contributed by atoms with Crippen LogP contribution in [0.2, 0.25) is 0 Å². The molecule has 7 nitrogen and oxygen atoms in total. The SMILES string of the molecule is Cc1ccc(OC(C)c2nnc(SCC(=O)Nc3sc4c(c3C#N)CCC(C)C4)n2C)c(C)c1. The zero-order valence-electron chi connectivity index (χ0n) is 20.1. The number of aryl methyl sites for hydroxylation is 2. The number of nitriles is 1. The van der Waals surface area contributed by atoms with Gasteiger partial charge in [-0.25, -0.2) is 0 Å². The highest BCUT2D eigenvalue weighted by Crippen LogP contribution is 2.39. The van der Waals surface area contributed by atoms with Crippen LogP contribution in [0, 0.1) is 31.1 Å². The number of nitrogens with zero attached hydrogens (tertiary/aromatic N) is 4. The lowest BCUT2D eigenvalue weighted by Gasteiger charge is -2.17. The second kappa shape index (κ2) is 10.2. The number of nitrogens with one attached hydrogen (secondary N) is 1. The molecule has 0 saturated heterocycles. The Balaban J connectivity index is 1.38. The van der Waals surface area contributed by atoms with E-state index in [9.17, 15) is 10.1 Å². The standard InChI is InChI=1S/C25H29N5O2S2/c1-14-7-9-20(16(3)10-14)32-17(4)23-28-29-25(30(23)5)33-13-22(31)27-24-19(12-26)18-8-6-15(2)11-21(18)34-24/h7,9-10,15,17H,6,8,11,13H2,1-5H3,(H,27,31). The zero-order chi connectivity index (χ0) is 24.4. The lowest BCUT2D eigenvalue weighted by Crippen LogP contribution is -2.15. The highest BCUT2D eigenvalue weighted by atomic mass is 32.2. The maximum atomic E-state index is 12.7. The molecule has 1 aliphatic carbocycles. The average Bonchev–Trinajstić information content (AvgIpc) is 3.32. The van der Waals surface area contributed by atoms with E-state index in [1.165, 1.54) is 22.2 Å². The maximum absolute atomic E-state index is 12.7. The third kappa shape index (κ3) is 5.13. The predicted octanol–water partition coefficient (Wildman–Crippen LogP) is 5.36. The quantitative estimate of drug-likeness (QED) is 0.444. The summed E-state index contributed by atoms with van der Waals surface area (Å²) in [6.45, 7) is 8.24. The fraction of sp³-hybridized carbons (Fsp3) is 0.440. The van der Waals surface area contributed by atoms with Crippen LogP contribution in [-0.2, 0) is 24.7 Å². The minimum atomic E-state index is -0.292. The summed E-state index contributed by atoms with van der Waals surface area (Å²) in [5, 5.41) is 22.5. The first-order chi connectivity index (χ1) is 16.3. The molecule has 0 bridgehead atoms. The molecule has 0 spiro atoms. The summed E-state index contributed by atoms with van der Waals surface area (Å²) in [6, 6.07) is 8.37. The van der Waals surface area contributed by atoms with E-state index < -0.39 is 0 Å². The van der Waals surface area contributed by atoms with E-state index in [0.717, 1.165) is 36.1 Å². The summed E-state index contributed by atoms with van der Waals surface area (Å²) in [5.74, 6) is 2.15. The molecule has 0 radical (unpaired) electrons. The number of amides is 1. The van der Waals surface area contributed by atoms with Gasteiger partial charge in [0, 0.05) is 11.9 Å². The molecule has 34 heavy (non-hydrogen) atoms. The Bertz CT molecular complexity index is 1260. The molecule has 1 aromatic carbocycles. The molecule has 0 saturated carbocycles. The number of hydrogen-bond donors (Lipinski definition) is 1. The van der Waals surface area contributed by atoms with Gasteiger partial charge in [0.25, 0.3) is 0 Å². The number of thiophene rings is 1. The van der Waals surface area contributed by atoms with E-state index in [0.29, 0.717) is 27.5 Å². The minimum Gasteiger partial charge on any atom is -0.482 e. The molecule has 0 aliphatic heterocycles. The van der Waals surface area contributed by atoms with Crippen molar-refractivity contribution < 1.29 is 9.53 Å². The van der Waals surface area contributed by atoms with Crippen LogP contribution in [0.3, 0.4) is 0 Å². The van der Waals surface area contributed by atoms with Gasteiger partial charge in [0.15, 0.2) is 17.1 Å². The first kappa shape index (κ1) is 24.3. The van der Waals surface area contributed by atoms with E-state index in [4.69, 9.17) is 4.74 Å². The van der Waals surface area contributed by atoms with Crippen molar-refractivity contribution in [1.29, 1.82) is 5.26 Å². The second-order valence-corrected chi connectivity index (χ2v) is 11.0. The van der Waals surface area contributed by atoms with Crippen LogP contribution in [0.25, 0.3) is 0 Å². The van der Waals surface area contributed by atoms with E-state index in [2.05, 4.69) is 41.5 Å². The summed E-state index contributed by atoms with van der Waals surface area (Å²) >= 11 is 2.86. The number of carbonyl (C=O) groups is 1. The van der Waals surface area contributed by atoms with Gasteiger partial charge in [0.2, 0.25) is 5.91 Å². The van der Waals surface area contributed by atoms with Gasteiger partial charge in [-0.2, -0.15) is 5.26 Å². The van der Waals surface area contributed by atoms with Crippen LogP contribution in [-0.4, -0.2) is 26.4 Å². The van der Waals surface area contributed by atoms with Crippen LogP contribution in [0.1, 0.15) is 59.3 Å². The first-order valence-electron chi connectivity index (χ1n) is 11.4. The highest BCUT2D eigenvalue weighted by molar-refractivity contribution is 7.99. The van der Waals surface area contributed by atoms with Gasteiger partial charge < -0.3 is 14.6 Å². The molecule has 1 aliphatic rings. The number of aromatic nitrogens is 3. The number of anilines is 1. The van der Waals surface area contributed by atoms with Crippen LogP contribution in [0.15, 0.2) is 23.4 Å². The van der Waals surface area contributed by atoms with Gasteiger partial charge in [-0.3, -0.25) is 4.79 Å². The molecule has 2 atom stereocenters. The normalized spacial score (nSPS) is 15.9. The Kier molecular flexibility index (Phi) is 7.29. The number of ether oxygens (including phenoxy) is 1. The molecule has 9 heteroatoms. The van der Waals surface area contributed by atoms with E-state index in [1.807, 2.05) is 37.6 Å². The van der Waals surface area contributed by atoms with E-state index >= 15 is 0 Å². The summed E-state index contributed by atoms with van der Waals surface area (Å²) in [6.07, 6.45) is 2.68. The van der Waals surface area contributed by atoms with Gasteiger partial charge in [-0.15, -0.1) is 21.5 Å². The van der Waals surface area contributed by atoms with Crippen molar-refractivity contribution in [2.24, 2.45) is 13.0 Å². The van der Waals surface area contributed by atoms with Gasteiger partial charge in [-0.1, -0.05) is 36.4 Å². The molecule has 2 aromatic heterocycles. The minimum absolute atomic E-state index is 0.155. The number of fused-ring (bicyclic) bond motifs is 1. The Morgan fingerprint density at radius 2 is 2.21 bits per heavy atom. The van der Waals surface area contributed by atoms with Crippen molar-refractivity contribution in [3.8, 4) is 11.8 Å². The molecule has 2 heterocycles. The van der Waals surface area contributed by atoms with Gasteiger partial charge in [-0.05, 0) is 63.1 Å². The average molecular weight is 496 g/mol. The van der Waals surface area contributed by atoms with Crippen molar-refractivity contribution in [1.82, 2.24) is 14.8 Å². The predicted molar refractivity (Wildman–Crippen MR) is 136 cm³/mol. The fourth-order valence-electron chi connectivity index (χ4n) is 4.23. The third-order valence-electron chi connectivity index (χ3n) is 6.08. The molecule has 1 amide bonds. The summed E-state index contributed by atoms with van der Waals surface area (Å²) in [4.78, 5) is 13.9. The van der Waals surface area contributed by atoms with Crippen molar-refractivity contribution in [3.63, 3.8) is 0 Å². The van der Waals surface area contributed by atoms with E-state index in [1.54, 1.807) is 11.3 Å². The smallest absolute Gasteiger partial charge is 0.235 e. The third-order valence-corrected chi connectivity index (χ3v) is 8.27. The molecule has 178 valence electrons. The first-order valence-corrected chi connectivity index (χ1v) is 13.2. The second-order valence-electron chi connectivity index (χ2n) is 8.93. The molecular weight excluding hydrogens is 466 g/mol. The van der Waals surface area contributed by atoms with Gasteiger partial charge in [0.05, 0.1) is 11.3 Å². The monoisotopic (exact) mass is 495 g/mol. The number of benzene rings is 1. The summed E-state index contributed by atoms with van der Waals surface area (Å²) in [7, 11) is 1.87. The summed E-state index contributed by atoms with van der Waals surface area (Å²) < 4.78 is 7.98. The zero-order valence-corrected chi connectivity index (χ0v) is 21.8. The lowest BCUT2D eigenvalue weighted by molar-refractivity contribution is -0.113. The highest BCUT2D eigenvalue weighted by Gasteiger charge is 2.25. The molecule has 2 unspecified atom stereocenters. The number of thioether (sulfide) groups is 1. The Labute approximate surface area is 208 Å². The number of rotatable bonds is 7. The maximum Gasteiger partial charge on any atom is 0.235 e. The fourth-order valence-corrected chi connectivity index (χ4v) is 6.33.